The zero-order valence-electron chi connectivity index (χ0n) is 25.3. The van der Waals surface area contributed by atoms with E-state index in [-0.39, 0.29) is 12.4 Å². The maximum Gasteiger partial charge on any atom is 0.0594 e. The van der Waals surface area contributed by atoms with Crippen molar-refractivity contribution in [2.24, 2.45) is 0 Å². The van der Waals surface area contributed by atoms with E-state index in [1.165, 1.54) is 135 Å². The summed E-state index contributed by atoms with van der Waals surface area (Å²) in [6, 6.07) is 0. The predicted octanol–water partition coefficient (Wildman–Crippen LogP) is 9.84. The van der Waals surface area contributed by atoms with Gasteiger partial charge in [0.25, 0.3) is 0 Å². The lowest BCUT2D eigenvalue weighted by Crippen LogP contribution is -3.00. The van der Waals surface area contributed by atoms with E-state index >= 15 is 0 Å². The van der Waals surface area contributed by atoms with Crippen molar-refractivity contribution in [2.45, 2.75) is 188 Å². The van der Waals surface area contributed by atoms with Gasteiger partial charge < -0.3 is 12.4 Å². The van der Waals surface area contributed by atoms with Gasteiger partial charge in [-0.15, -0.1) is 0 Å². The summed E-state index contributed by atoms with van der Waals surface area (Å²) in [5, 5.41) is 0. The molecule has 0 aromatic heterocycles. The van der Waals surface area contributed by atoms with Gasteiger partial charge in [-0.3, -0.25) is 0 Å². The van der Waals surface area contributed by atoms with Crippen LogP contribution in [0.3, 0.4) is 0 Å². The molecule has 0 radical (unpaired) electrons. The van der Waals surface area contributed by atoms with Crippen LogP contribution in [0.15, 0.2) is 0 Å². The zero-order chi connectivity index (χ0) is 25.0. The van der Waals surface area contributed by atoms with Gasteiger partial charge in [0.1, 0.15) is 0 Å². The Morgan fingerprint density at radius 1 is 0.257 bits per heavy atom. The van der Waals surface area contributed by atoms with Crippen LogP contribution in [0.2, 0.25) is 0 Å². The average Bonchev–Trinajstić information content (AvgIpc) is 2.84. The zero-order valence-corrected chi connectivity index (χ0v) is 27.0. The Morgan fingerprint density at radius 3 is 0.629 bits per heavy atom. The number of hydrogen-bond acceptors (Lipinski definition) is 0. The van der Waals surface area contributed by atoms with Crippen LogP contribution >= 0.6 is 7.26 Å². The quantitative estimate of drug-likeness (QED) is 0.0663. The summed E-state index contributed by atoms with van der Waals surface area (Å²) < 4.78 is 0. The minimum absolute atomic E-state index is 0. The minimum Gasteiger partial charge on any atom is -1.00 e. The summed E-state index contributed by atoms with van der Waals surface area (Å²) in [6.45, 7) is 9.39. The van der Waals surface area contributed by atoms with Crippen LogP contribution < -0.4 is 12.4 Å². The second kappa shape index (κ2) is 30.9. The molecule has 0 atom stereocenters. The topological polar surface area (TPSA) is 0 Å². The first-order valence-electron chi connectivity index (χ1n) is 16.6. The number of halogens is 1. The third-order valence-electron chi connectivity index (χ3n) is 8.19. The first-order chi connectivity index (χ1) is 16.7. The molecular formula is C33H70ClP. The lowest BCUT2D eigenvalue weighted by atomic mass is 10.1. The summed E-state index contributed by atoms with van der Waals surface area (Å²) >= 11 is 0. The molecule has 0 fully saturated rings. The first kappa shape index (κ1) is 37.9. The van der Waals surface area contributed by atoms with Gasteiger partial charge in [-0.05, 0) is 51.4 Å². The number of unbranched alkanes of at least 4 members (excludes halogenated alkanes) is 21. The standard InChI is InChI=1S/C33H70P.ClH/c1-5-9-13-17-18-19-20-21-25-29-33-34(30-26-22-14-10-6-2,31-27-23-15-11-7-3)32-28-24-16-12-8-4;/h5-33H2,1-4H3;1H/q+1;/p-1. The third-order valence-corrected chi connectivity index (χ3v) is 13.3. The normalized spacial score (nSPS) is 11.7. The highest BCUT2D eigenvalue weighted by Crippen LogP contribution is 2.61. The van der Waals surface area contributed by atoms with Gasteiger partial charge in [0.05, 0.1) is 24.6 Å². The van der Waals surface area contributed by atoms with Gasteiger partial charge in [0, 0.05) is 7.26 Å². The Kier molecular flexibility index (Phi) is 33.5. The molecule has 0 bridgehead atoms. The van der Waals surface area contributed by atoms with Crippen molar-refractivity contribution in [3.05, 3.63) is 0 Å². The van der Waals surface area contributed by atoms with Crippen LogP contribution in [0.5, 0.6) is 0 Å². The van der Waals surface area contributed by atoms with Crippen molar-refractivity contribution < 1.29 is 12.4 Å². The van der Waals surface area contributed by atoms with Gasteiger partial charge >= 0.3 is 0 Å². The van der Waals surface area contributed by atoms with Gasteiger partial charge in [-0.25, -0.2) is 0 Å². The molecule has 0 saturated carbocycles. The van der Waals surface area contributed by atoms with Crippen LogP contribution in [0.25, 0.3) is 0 Å². The highest BCUT2D eigenvalue weighted by Gasteiger charge is 2.34. The van der Waals surface area contributed by atoms with Crippen molar-refractivity contribution in [2.75, 3.05) is 24.6 Å². The molecule has 0 heterocycles. The van der Waals surface area contributed by atoms with Gasteiger partial charge in [-0.1, -0.05) is 137 Å². The van der Waals surface area contributed by atoms with E-state index in [4.69, 9.17) is 0 Å². The Bertz CT molecular complexity index is 334. The van der Waals surface area contributed by atoms with E-state index in [9.17, 15) is 0 Å². The smallest absolute Gasteiger partial charge is 0.0594 e. The van der Waals surface area contributed by atoms with E-state index in [0.717, 1.165) is 0 Å². The second-order valence-electron chi connectivity index (χ2n) is 11.7. The molecule has 0 N–H and O–H groups in total. The highest BCUT2D eigenvalue weighted by atomic mass is 35.5. The third kappa shape index (κ3) is 26.1. The molecule has 0 nitrogen and oxygen atoms in total. The molecule has 0 rings (SSSR count). The fourth-order valence-corrected chi connectivity index (χ4v) is 10.7. The molecule has 0 aromatic rings. The lowest BCUT2D eigenvalue weighted by Gasteiger charge is -2.28. The van der Waals surface area contributed by atoms with Crippen LogP contribution in [-0.4, -0.2) is 24.6 Å². The van der Waals surface area contributed by atoms with E-state index < -0.39 is 7.26 Å². The molecule has 0 saturated heterocycles. The fourth-order valence-electron chi connectivity index (χ4n) is 5.76. The van der Waals surface area contributed by atoms with E-state index in [0.29, 0.717) is 0 Å². The molecule has 35 heavy (non-hydrogen) atoms. The molecule has 2 heteroatoms. The first-order valence-corrected chi connectivity index (χ1v) is 19.1. The summed E-state index contributed by atoms with van der Waals surface area (Å²) in [5.74, 6) is 0. The lowest BCUT2D eigenvalue weighted by molar-refractivity contribution is -0.00000777. The molecule has 0 amide bonds. The SMILES string of the molecule is CCCCCCCCCCCC[P+](CCCCCCC)(CCCCCCC)CCCCCCC.[Cl-]. The fraction of sp³-hybridized carbons (Fsp3) is 1.00. The second-order valence-corrected chi connectivity index (χ2v) is 16.1. The van der Waals surface area contributed by atoms with E-state index in [2.05, 4.69) is 27.7 Å². The summed E-state index contributed by atoms with van der Waals surface area (Å²) in [6.07, 6.45) is 43.6. The Labute approximate surface area is 232 Å². The minimum atomic E-state index is -0.716. The molecule has 214 valence electrons. The number of rotatable bonds is 29. The Morgan fingerprint density at radius 2 is 0.429 bits per heavy atom. The molecule has 0 unspecified atom stereocenters. The monoisotopic (exact) mass is 532 g/mol. The maximum atomic E-state index is 2.36. The van der Waals surface area contributed by atoms with Crippen LogP contribution in [0.4, 0.5) is 0 Å². The summed E-state index contributed by atoms with van der Waals surface area (Å²) in [5.41, 5.74) is 0. The molecule has 0 spiro atoms. The summed E-state index contributed by atoms with van der Waals surface area (Å²) in [4.78, 5) is 0. The largest absolute Gasteiger partial charge is 1.00 e. The van der Waals surface area contributed by atoms with Gasteiger partial charge in [0.15, 0.2) is 0 Å². The summed E-state index contributed by atoms with van der Waals surface area (Å²) in [7, 11) is -0.716. The predicted molar refractivity (Wildman–Crippen MR) is 165 cm³/mol. The average molecular weight is 533 g/mol. The highest BCUT2D eigenvalue weighted by molar-refractivity contribution is 7.75. The van der Waals surface area contributed by atoms with Crippen molar-refractivity contribution in [1.82, 2.24) is 0 Å². The molecular weight excluding hydrogens is 463 g/mol. The van der Waals surface area contributed by atoms with E-state index in [1.807, 2.05) is 0 Å². The van der Waals surface area contributed by atoms with E-state index in [1.54, 1.807) is 50.3 Å². The molecule has 0 aliphatic carbocycles. The van der Waals surface area contributed by atoms with Crippen LogP contribution in [0, 0.1) is 0 Å². The molecule has 0 aromatic carbocycles. The Hall–Kier alpha value is 0.720. The maximum absolute atomic E-state index is 2.36. The van der Waals surface area contributed by atoms with Gasteiger partial charge in [0.2, 0.25) is 0 Å². The van der Waals surface area contributed by atoms with Crippen molar-refractivity contribution in [3.63, 3.8) is 0 Å². The van der Waals surface area contributed by atoms with Gasteiger partial charge in [-0.2, -0.15) is 0 Å². The van der Waals surface area contributed by atoms with Crippen molar-refractivity contribution >= 4 is 7.26 Å². The Balaban J connectivity index is 0. The van der Waals surface area contributed by atoms with Crippen LogP contribution in [-0.2, 0) is 0 Å². The molecule has 0 aliphatic heterocycles. The van der Waals surface area contributed by atoms with Crippen molar-refractivity contribution in [3.8, 4) is 0 Å². The molecule has 0 aliphatic rings. The van der Waals surface area contributed by atoms with Crippen molar-refractivity contribution in [1.29, 1.82) is 0 Å². The van der Waals surface area contributed by atoms with Crippen LogP contribution in [0.1, 0.15) is 188 Å². The number of hydrogen-bond donors (Lipinski definition) is 0.